The molecule has 6 heteroatoms. The first kappa shape index (κ1) is 15.2. The number of anilines is 1. The fourth-order valence-electron chi connectivity index (χ4n) is 3.24. The Morgan fingerprint density at radius 2 is 1.92 bits per heavy atom. The van der Waals surface area contributed by atoms with E-state index in [2.05, 4.69) is 15.1 Å². The summed E-state index contributed by atoms with van der Waals surface area (Å²) in [5.41, 5.74) is 2.61. The van der Waals surface area contributed by atoms with E-state index in [-0.39, 0.29) is 11.7 Å². The fraction of sp³-hybridized carbons (Fsp3) is 0.444. The van der Waals surface area contributed by atoms with Crippen LogP contribution in [-0.4, -0.2) is 47.2 Å². The normalized spacial score (nSPS) is 18.5. The van der Waals surface area contributed by atoms with Crippen molar-refractivity contribution >= 4 is 11.6 Å². The number of amides is 1. The molecule has 1 amide bonds. The molecular weight excluding hydrogens is 307 g/mol. The number of carbonyl (C=O) groups is 1. The fourth-order valence-corrected chi connectivity index (χ4v) is 3.24. The minimum Gasteiger partial charge on any atom is -0.370 e. The number of benzene rings is 1. The zero-order valence-corrected chi connectivity index (χ0v) is 13.5. The number of nitrogens with one attached hydrogen (secondary N) is 1. The molecule has 1 saturated heterocycles. The maximum absolute atomic E-state index is 13.1. The van der Waals surface area contributed by atoms with E-state index in [4.69, 9.17) is 0 Å². The van der Waals surface area contributed by atoms with Crippen LogP contribution < -0.4 is 4.90 Å². The third-order valence-corrected chi connectivity index (χ3v) is 4.81. The lowest BCUT2D eigenvalue weighted by atomic mass is 10.2. The number of hydrogen-bond acceptors (Lipinski definition) is 3. The molecule has 1 N–H and O–H groups in total. The van der Waals surface area contributed by atoms with E-state index in [9.17, 15) is 9.18 Å². The molecule has 2 aliphatic rings. The van der Waals surface area contributed by atoms with E-state index in [0.29, 0.717) is 18.2 Å². The molecule has 5 nitrogen and oxygen atoms in total. The Bertz CT molecular complexity index is 723. The molecule has 24 heavy (non-hydrogen) atoms. The molecule has 1 aliphatic carbocycles. The Kier molecular flexibility index (Phi) is 3.96. The maximum Gasteiger partial charge on any atom is 0.274 e. The van der Waals surface area contributed by atoms with Crippen LogP contribution >= 0.6 is 0 Å². The zero-order valence-electron chi connectivity index (χ0n) is 13.5. The monoisotopic (exact) mass is 328 g/mol. The average molecular weight is 328 g/mol. The molecule has 4 rings (SSSR count). The van der Waals surface area contributed by atoms with Gasteiger partial charge in [0, 0.05) is 43.5 Å². The SMILES string of the molecule is O=C(c1cc(C2CC2)[nH]n1)N1CCCN(c2ccc(F)cc2)CC1. The number of rotatable bonds is 3. The van der Waals surface area contributed by atoms with Crippen LogP contribution in [0.3, 0.4) is 0 Å². The molecule has 1 aromatic heterocycles. The molecule has 0 bridgehead atoms. The van der Waals surface area contributed by atoms with Gasteiger partial charge in [-0.15, -0.1) is 0 Å². The van der Waals surface area contributed by atoms with Gasteiger partial charge in [-0.2, -0.15) is 5.10 Å². The Morgan fingerprint density at radius 3 is 2.67 bits per heavy atom. The average Bonchev–Trinajstić information content (AvgIpc) is 3.37. The quantitative estimate of drug-likeness (QED) is 0.942. The van der Waals surface area contributed by atoms with Crippen LogP contribution in [-0.2, 0) is 0 Å². The van der Waals surface area contributed by atoms with Crippen molar-refractivity contribution in [3.8, 4) is 0 Å². The Balaban J connectivity index is 1.41. The van der Waals surface area contributed by atoms with Gasteiger partial charge in [0.05, 0.1) is 0 Å². The summed E-state index contributed by atoms with van der Waals surface area (Å²) in [6.45, 7) is 2.99. The minimum atomic E-state index is -0.227. The number of hydrogen-bond donors (Lipinski definition) is 1. The Labute approximate surface area is 140 Å². The number of carbonyl (C=O) groups excluding carboxylic acids is 1. The van der Waals surface area contributed by atoms with Gasteiger partial charge >= 0.3 is 0 Å². The third kappa shape index (κ3) is 3.13. The van der Waals surface area contributed by atoms with E-state index in [1.807, 2.05) is 11.0 Å². The van der Waals surface area contributed by atoms with Gasteiger partial charge in [-0.25, -0.2) is 4.39 Å². The Morgan fingerprint density at radius 1 is 1.12 bits per heavy atom. The van der Waals surface area contributed by atoms with Crippen molar-refractivity contribution in [2.24, 2.45) is 0 Å². The summed E-state index contributed by atoms with van der Waals surface area (Å²) in [5.74, 6) is 0.339. The largest absolute Gasteiger partial charge is 0.370 e. The molecule has 1 saturated carbocycles. The van der Waals surface area contributed by atoms with Gasteiger partial charge in [0.25, 0.3) is 5.91 Å². The number of aromatic nitrogens is 2. The number of halogens is 1. The van der Waals surface area contributed by atoms with Crippen LogP contribution in [0.1, 0.15) is 41.4 Å². The predicted octanol–water partition coefficient (Wildman–Crippen LogP) is 2.78. The van der Waals surface area contributed by atoms with Crippen molar-refractivity contribution < 1.29 is 9.18 Å². The van der Waals surface area contributed by atoms with Gasteiger partial charge in [0.2, 0.25) is 0 Å². The van der Waals surface area contributed by atoms with E-state index >= 15 is 0 Å². The predicted molar refractivity (Wildman–Crippen MR) is 89.7 cm³/mol. The van der Waals surface area contributed by atoms with E-state index in [1.54, 1.807) is 12.1 Å². The second kappa shape index (κ2) is 6.26. The molecule has 0 spiro atoms. The molecule has 0 radical (unpaired) electrons. The first-order chi connectivity index (χ1) is 11.7. The third-order valence-electron chi connectivity index (χ3n) is 4.81. The van der Waals surface area contributed by atoms with Crippen LogP contribution in [0.2, 0.25) is 0 Å². The van der Waals surface area contributed by atoms with E-state index < -0.39 is 0 Å². The second-order valence-corrected chi connectivity index (χ2v) is 6.59. The Hall–Kier alpha value is -2.37. The minimum absolute atomic E-state index is 0.000828. The van der Waals surface area contributed by atoms with Crippen molar-refractivity contribution in [2.45, 2.75) is 25.2 Å². The standard InChI is InChI=1S/C18H21FN4O/c19-14-4-6-15(7-5-14)22-8-1-9-23(11-10-22)18(24)17-12-16(20-21-17)13-2-3-13/h4-7,12-13H,1-3,8-11H2,(H,20,21). The van der Waals surface area contributed by atoms with E-state index in [0.717, 1.165) is 37.4 Å². The van der Waals surface area contributed by atoms with Crippen LogP contribution in [0.5, 0.6) is 0 Å². The van der Waals surface area contributed by atoms with Gasteiger partial charge < -0.3 is 9.80 Å². The second-order valence-electron chi connectivity index (χ2n) is 6.59. The highest BCUT2D eigenvalue weighted by Crippen LogP contribution is 2.39. The summed E-state index contributed by atoms with van der Waals surface area (Å²) < 4.78 is 13.1. The topological polar surface area (TPSA) is 52.2 Å². The highest BCUT2D eigenvalue weighted by atomic mass is 19.1. The number of nitrogens with zero attached hydrogens (tertiary/aromatic N) is 3. The van der Waals surface area contributed by atoms with Crippen molar-refractivity contribution in [3.63, 3.8) is 0 Å². The van der Waals surface area contributed by atoms with Gasteiger partial charge in [0.15, 0.2) is 0 Å². The molecule has 126 valence electrons. The molecule has 0 unspecified atom stereocenters. The lowest BCUT2D eigenvalue weighted by Crippen LogP contribution is -2.35. The lowest BCUT2D eigenvalue weighted by molar-refractivity contribution is 0.0761. The van der Waals surface area contributed by atoms with Crippen LogP contribution in [0.25, 0.3) is 0 Å². The highest BCUT2D eigenvalue weighted by molar-refractivity contribution is 5.92. The van der Waals surface area contributed by atoms with Crippen LogP contribution in [0.4, 0.5) is 10.1 Å². The lowest BCUT2D eigenvalue weighted by Gasteiger charge is -2.23. The first-order valence-corrected chi connectivity index (χ1v) is 8.56. The van der Waals surface area contributed by atoms with Crippen LogP contribution in [0, 0.1) is 5.82 Å². The first-order valence-electron chi connectivity index (χ1n) is 8.56. The molecule has 2 heterocycles. The molecule has 0 atom stereocenters. The highest BCUT2D eigenvalue weighted by Gasteiger charge is 2.28. The summed E-state index contributed by atoms with van der Waals surface area (Å²) in [4.78, 5) is 16.7. The van der Waals surface area contributed by atoms with Gasteiger partial charge in [0.1, 0.15) is 11.5 Å². The number of aromatic amines is 1. The summed E-state index contributed by atoms with van der Waals surface area (Å²) in [5, 5.41) is 7.20. The summed E-state index contributed by atoms with van der Waals surface area (Å²) in [6.07, 6.45) is 3.27. The zero-order chi connectivity index (χ0) is 16.5. The summed E-state index contributed by atoms with van der Waals surface area (Å²) >= 11 is 0. The van der Waals surface area contributed by atoms with Gasteiger partial charge in [-0.05, 0) is 49.6 Å². The van der Waals surface area contributed by atoms with Crippen LogP contribution in [0.15, 0.2) is 30.3 Å². The van der Waals surface area contributed by atoms with Gasteiger partial charge in [-0.3, -0.25) is 9.89 Å². The molecule has 2 fully saturated rings. The maximum atomic E-state index is 13.1. The number of H-pyrrole nitrogens is 1. The van der Waals surface area contributed by atoms with E-state index in [1.165, 1.54) is 25.0 Å². The summed E-state index contributed by atoms with van der Waals surface area (Å²) in [7, 11) is 0. The van der Waals surface area contributed by atoms with Crippen molar-refractivity contribution in [3.05, 3.63) is 47.5 Å². The van der Waals surface area contributed by atoms with Crippen molar-refractivity contribution in [1.82, 2.24) is 15.1 Å². The molecular formula is C18H21FN4O. The van der Waals surface area contributed by atoms with Crippen molar-refractivity contribution in [2.75, 3.05) is 31.1 Å². The molecule has 1 aliphatic heterocycles. The summed E-state index contributed by atoms with van der Waals surface area (Å²) in [6, 6.07) is 8.45. The molecule has 1 aromatic carbocycles. The molecule has 2 aromatic rings. The van der Waals surface area contributed by atoms with Crippen molar-refractivity contribution in [1.29, 1.82) is 0 Å². The smallest absolute Gasteiger partial charge is 0.274 e. The van der Waals surface area contributed by atoms with Gasteiger partial charge in [-0.1, -0.05) is 0 Å².